The molecule has 0 aromatic heterocycles. The second kappa shape index (κ2) is 7.60. The lowest BCUT2D eigenvalue weighted by molar-refractivity contribution is -0.122. The molecule has 1 aliphatic heterocycles. The van der Waals surface area contributed by atoms with Crippen LogP contribution >= 0.6 is 0 Å². The molecule has 2 amide bonds. The fraction of sp³-hybridized carbons (Fsp3) is 0.333. The van der Waals surface area contributed by atoms with E-state index in [1.165, 1.54) is 5.56 Å². The highest BCUT2D eigenvalue weighted by atomic mass is 16.5. The van der Waals surface area contributed by atoms with Crippen LogP contribution in [-0.2, 0) is 16.0 Å². The first kappa shape index (κ1) is 18.0. The van der Waals surface area contributed by atoms with Crippen LogP contribution in [0.1, 0.15) is 24.5 Å². The van der Waals surface area contributed by atoms with Gasteiger partial charge in [0, 0.05) is 18.7 Å². The van der Waals surface area contributed by atoms with Gasteiger partial charge in [0.05, 0.1) is 18.7 Å². The summed E-state index contributed by atoms with van der Waals surface area (Å²) in [6, 6.07) is 13.6. The summed E-state index contributed by atoms with van der Waals surface area (Å²) in [5, 5.41) is 2.91. The smallest absolute Gasteiger partial charge is 0.229 e. The summed E-state index contributed by atoms with van der Waals surface area (Å²) in [7, 11) is 1.57. The third kappa shape index (κ3) is 3.72. The lowest BCUT2D eigenvalue weighted by Gasteiger charge is -2.17. The average molecular weight is 352 g/mol. The van der Waals surface area contributed by atoms with E-state index in [0.29, 0.717) is 18.0 Å². The standard InChI is InChI=1S/C21H24N2O3/c1-4-15-6-8-17(9-7-15)23-13-16(12-20(23)24)21(25)22-18-11-14(2)5-10-19(18)26-3/h5-11,16H,4,12-13H2,1-3H3,(H,22,25)/t16-/m0/s1. The Kier molecular flexibility index (Phi) is 5.26. The third-order valence-corrected chi connectivity index (χ3v) is 4.76. The van der Waals surface area contributed by atoms with Crippen molar-refractivity contribution in [1.29, 1.82) is 0 Å². The molecule has 0 unspecified atom stereocenters. The van der Waals surface area contributed by atoms with Gasteiger partial charge in [-0.05, 0) is 48.7 Å². The molecule has 1 aliphatic rings. The van der Waals surface area contributed by atoms with Crippen molar-refractivity contribution in [3.8, 4) is 5.75 Å². The number of nitrogens with one attached hydrogen (secondary N) is 1. The molecule has 1 fully saturated rings. The number of carbonyl (C=O) groups is 2. The van der Waals surface area contributed by atoms with Gasteiger partial charge in [-0.15, -0.1) is 0 Å². The summed E-state index contributed by atoms with van der Waals surface area (Å²) in [4.78, 5) is 26.8. The molecule has 0 saturated carbocycles. The zero-order chi connectivity index (χ0) is 18.7. The quantitative estimate of drug-likeness (QED) is 0.895. The second-order valence-corrected chi connectivity index (χ2v) is 6.62. The Morgan fingerprint density at radius 3 is 2.62 bits per heavy atom. The summed E-state index contributed by atoms with van der Waals surface area (Å²) in [5.41, 5.74) is 3.73. The summed E-state index contributed by atoms with van der Waals surface area (Å²) in [5.74, 6) is 0.0550. The summed E-state index contributed by atoms with van der Waals surface area (Å²) in [6.45, 7) is 4.44. The number of amides is 2. The predicted molar refractivity (Wildman–Crippen MR) is 103 cm³/mol. The fourth-order valence-electron chi connectivity index (χ4n) is 3.20. The number of anilines is 2. The van der Waals surface area contributed by atoms with Crippen molar-refractivity contribution in [3.63, 3.8) is 0 Å². The number of benzene rings is 2. The van der Waals surface area contributed by atoms with Crippen LogP contribution in [0.25, 0.3) is 0 Å². The van der Waals surface area contributed by atoms with Crippen molar-refractivity contribution in [3.05, 3.63) is 53.6 Å². The van der Waals surface area contributed by atoms with E-state index in [2.05, 4.69) is 12.2 Å². The number of ether oxygens (including phenoxy) is 1. The normalized spacial score (nSPS) is 16.7. The molecule has 2 aromatic carbocycles. The van der Waals surface area contributed by atoms with Crippen LogP contribution in [0, 0.1) is 12.8 Å². The van der Waals surface area contributed by atoms with Crippen LogP contribution in [0.3, 0.4) is 0 Å². The monoisotopic (exact) mass is 352 g/mol. The van der Waals surface area contributed by atoms with Gasteiger partial charge in [0.25, 0.3) is 0 Å². The first-order valence-corrected chi connectivity index (χ1v) is 8.86. The molecule has 0 bridgehead atoms. The summed E-state index contributed by atoms with van der Waals surface area (Å²) < 4.78 is 5.31. The molecule has 3 rings (SSSR count). The van der Waals surface area contributed by atoms with E-state index in [0.717, 1.165) is 17.7 Å². The molecule has 0 radical (unpaired) electrons. The van der Waals surface area contributed by atoms with E-state index >= 15 is 0 Å². The van der Waals surface area contributed by atoms with Crippen LogP contribution in [0.15, 0.2) is 42.5 Å². The molecule has 2 aromatic rings. The molecule has 5 heteroatoms. The van der Waals surface area contributed by atoms with Gasteiger partial charge in [0.2, 0.25) is 11.8 Å². The first-order valence-electron chi connectivity index (χ1n) is 8.86. The van der Waals surface area contributed by atoms with Gasteiger partial charge in [-0.2, -0.15) is 0 Å². The average Bonchev–Trinajstić information content (AvgIpc) is 3.04. The minimum atomic E-state index is -0.376. The number of aryl methyl sites for hydroxylation is 2. The molecule has 1 N–H and O–H groups in total. The van der Waals surface area contributed by atoms with Crippen molar-refractivity contribution < 1.29 is 14.3 Å². The maximum Gasteiger partial charge on any atom is 0.229 e. The van der Waals surface area contributed by atoms with Crippen molar-refractivity contribution in [2.24, 2.45) is 5.92 Å². The predicted octanol–water partition coefficient (Wildman–Crippen LogP) is 3.56. The van der Waals surface area contributed by atoms with E-state index in [-0.39, 0.29) is 24.2 Å². The van der Waals surface area contributed by atoms with Crippen LogP contribution in [0.2, 0.25) is 0 Å². The molecule has 26 heavy (non-hydrogen) atoms. The summed E-state index contributed by atoms with van der Waals surface area (Å²) in [6.07, 6.45) is 1.17. The van der Waals surface area contributed by atoms with Crippen LogP contribution in [-0.4, -0.2) is 25.5 Å². The summed E-state index contributed by atoms with van der Waals surface area (Å²) >= 11 is 0. The van der Waals surface area contributed by atoms with Gasteiger partial charge in [-0.25, -0.2) is 0 Å². The second-order valence-electron chi connectivity index (χ2n) is 6.62. The SMILES string of the molecule is CCc1ccc(N2C[C@@H](C(=O)Nc3cc(C)ccc3OC)CC2=O)cc1. The maximum absolute atomic E-state index is 12.7. The van der Waals surface area contributed by atoms with Gasteiger partial charge >= 0.3 is 0 Å². The van der Waals surface area contributed by atoms with E-state index < -0.39 is 0 Å². The minimum absolute atomic E-state index is 0.0226. The number of hydrogen-bond acceptors (Lipinski definition) is 3. The van der Waals surface area contributed by atoms with E-state index in [1.54, 1.807) is 12.0 Å². The van der Waals surface area contributed by atoms with Gasteiger partial charge in [-0.3, -0.25) is 9.59 Å². The Morgan fingerprint density at radius 2 is 1.96 bits per heavy atom. The molecule has 1 heterocycles. The fourth-order valence-corrected chi connectivity index (χ4v) is 3.20. The highest BCUT2D eigenvalue weighted by Crippen LogP contribution is 2.29. The molecular weight excluding hydrogens is 328 g/mol. The minimum Gasteiger partial charge on any atom is -0.495 e. The van der Waals surface area contributed by atoms with Gasteiger partial charge in [0.1, 0.15) is 5.75 Å². The molecular formula is C21H24N2O3. The van der Waals surface area contributed by atoms with Crippen LogP contribution in [0.5, 0.6) is 5.75 Å². The highest BCUT2D eigenvalue weighted by Gasteiger charge is 2.35. The van der Waals surface area contributed by atoms with Gasteiger partial charge < -0.3 is 15.0 Å². The highest BCUT2D eigenvalue weighted by molar-refractivity contribution is 6.03. The number of hydrogen-bond donors (Lipinski definition) is 1. The van der Waals surface area contributed by atoms with E-state index in [9.17, 15) is 9.59 Å². The zero-order valence-electron chi connectivity index (χ0n) is 15.4. The van der Waals surface area contributed by atoms with Crippen molar-refractivity contribution in [2.45, 2.75) is 26.7 Å². The van der Waals surface area contributed by atoms with Gasteiger partial charge in [0.15, 0.2) is 0 Å². The van der Waals surface area contributed by atoms with Crippen molar-refractivity contribution >= 4 is 23.2 Å². The topological polar surface area (TPSA) is 58.6 Å². The molecule has 0 spiro atoms. The molecule has 5 nitrogen and oxygen atoms in total. The van der Waals surface area contributed by atoms with E-state index in [4.69, 9.17) is 4.74 Å². The van der Waals surface area contributed by atoms with Gasteiger partial charge in [-0.1, -0.05) is 25.1 Å². The van der Waals surface area contributed by atoms with Crippen molar-refractivity contribution in [2.75, 3.05) is 23.9 Å². The largest absolute Gasteiger partial charge is 0.495 e. The Labute approximate surface area is 154 Å². The first-order chi connectivity index (χ1) is 12.5. The van der Waals surface area contributed by atoms with Crippen molar-refractivity contribution in [1.82, 2.24) is 0 Å². The number of carbonyl (C=O) groups excluding carboxylic acids is 2. The Hall–Kier alpha value is -2.82. The van der Waals surface area contributed by atoms with E-state index in [1.807, 2.05) is 49.4 Å². The Balaban J connectivity index is 1.71. The zero-order valence-corrected chi connectivity index (χ0v) is 15.4. The molecule has 1 atom stereocenters. The molecule has 136 valence electrons. The third-order valence-electron chi connectivity index (χ3n) is 4.76. The Bertz CT molecular complexity index is 815. The lowest BCUT2D eigenvalue weighted by Crippen LogP contribution is -2.28. The molecule has 0 aliphatic carbocycles. The lowest BCUT2D eigenvalue weighted by atomic mass is 10.1. The number of nitrogens with zero attached hydrogens (tertiary/aromatic N) is 1. The maximum atomic E-state index is 12.7. The Morgan fingerprint density at radius 1 is 1.23 bits per heavy atom. The van der Waals surface area contributed by atoms with Crippen LogP contribution in [0.4, 0.5) is 11.4 Å². The van der Waals surface area contributed by atoms with Crippen LogP contribution < -0.4 is 15.0 Å². The number of methoxy groups -OCH3 is 1. The number of rotatable bonds is 5. The molecule has 1 saturated heterocycles.